The Morgan fingerprint density at radius 1 is 1.11 bits per heavy atom. The number of rotatable bonds is 4. The minimum absolute atomic E-state index is 0.333. The van der Waals surface area contributed by atoms with E-state index in [4.69, 9.17) is 4.74 Å². The van der Waals surface area contributed by atoms with Crippen LogP contribution in [0.3, 0.4) is 0 Å². The lowest BCUT2D eigenvalue weighted by atomic mass is 9.89. The Balaban J connectivity index is 2.17. The molecule has 0 bridgehead atoms. The summed E-state index contributed by atoms with van der Waals surface area (Å²) in [6, 6.07) is 10.5. The van der Waals surface area contributed by atoms with Gasteiger partial charge in [0.15, 0.2) is 0 Å². The van der Waals surface area contributed by atoms with E-state index in [9.17, 15) is 0 Å². The zero-order valence-electron chi connectivity index (χ0n) is 11.3. The third kappa shape index (κ3) is 3.02. The molecule has 1 aliphatic rings. The van der Waals surface area contributed by atoms with Crippen molar-refractivity contribution in [2.45, 2.75) is 5.92 Å². The van der Waals surface area contributed by atoms with E-state index < -0.39 is 0 Å². The highest BCUT2D eigenvalue weighted by molar-refractivity contribution is 5.33. The van der Waals surface area contributed by atoms with E-state index in [-0.39, 0.29) is 0 Å². The van der Waals surface area contributed by atoms with Gasteiger partial charge in [0.2, 0.25) is 0 Å². The summed E-state index contributed by atoms with van der Waals surface area (Å²) in [6.45, 7) is 0.984. The monoisotopic (exact) mass is 243 g/mol. The highest BCUT2D eigenvalue weighted by Gasteiger charge is 2.20. The molecule has 0 heterocycles. The number of ether oxygens (including phenoxy) is 1. The van der Waals surface area contributed by atoms with Crippen LogP contribution < -0.4 is 0 Å². The number of nitrogens with zero attached hydrogens (tertiary/aromatic N) is 1. The topological polar surface area (TPSA) is 12.5 Å². The molecule has 0 aromatic heterocycles. The molecule has 0 radical (unpaired) electrons. The van der Waals surface area contributed by atoms with Crippen LogP contribution in [-0.2, 0) is 4.74 Å². The fraction of sp³-hybridized carbons (Fsp3) is 0.375. The van der Waals surface area contributed by atoms with Crippen LogP contribution in [0.4, 0.5) is 0 Å². The molecule has 2 heteroatoms. The van der Waals surface area contributed by atoms with Crippen molar-refractivity contribution in [1.82, 2.24) is 4.90 Å². The predicted octanol–water partition coefficient (Wildman–Crippen LogP) is 3.05. The molecule has 0 aliphatic heterocycles. The van der Waals surface area contributed by atoms with E-state index in [1.165, 1.54) is 5.56 Å². The lowest BCUT2D eigenvalue weighted by Crippen LogP contribution is -2.24. The van der Waals surface area contributed by atoms with Crippen molar-refractivity contribution in [1.29, 1.82) is 0 Å². The number of hydrogen-bond donors (Lipinski definition) is 0. The van der Waals surface area contributed by atoms with Crippen LogP contribution in [0, 0.1) is 5.92 Å². The third-order valence-electron chi connectivity index (χ3n) is 3.24. The Kier molecular flexibility index (Phi) is 4.21. The predicted molar refractivity (Wildman–Crippen MR) is 75.5 cm³/mol. The normalized spacial score (nSPS) is 23.0. The summed E-state index contributed by atoms with van der Waals surface area (Å²) in [5, 5.41) is 0. The van der Waals surface area contributed by atoms with Gasteiger partial charge in [0.1, 0.15) is 5.76 Å². The molecule has 0 saturated heterocycles. The van der Waals surface area contributed by atoms with Gasteiger partial charge >= 0.3 is 0 Å². The van der Waals surface area contributed by atoms with E-state index in [0.29, 0.717) is 11.8 Å². The fourth-order valence-electron chi connectivity index (χ4n) is 2.35. The quantitative estimate of drug-likeness (QED) is 0.754. The van der Waals surface area contributed by atoms with Gasteiger partial charge in [-0.25, -0.2) is 0 Å². The first-order valence-corrected chi connectivity index (χ1v) is 6.34. The van der Waals surface area contributed by atoms with Crippen LogP contribution in [-0.4, -0.2) is 32.6 Å². The highest BCUT2D eigenvalue weighted by Crippen LogP contribution is 2.29. The van der Waals surface area contributed by atoms with Crippen LogP contribution in [0.1, 0.15) is 11.5 Å². The van der Waals surface area contributed by atoms with Gasteiger partial charge in [0, 0.05) is 18.4 Å². The van der Waals surface area contributed by atoms with Crippen molar-refractivity contribution in [3.05, 3.63) is 59.9 Å². The lowest BCUT2D eigenvalue weighted by molar-refractivity contribution is 0.230. The van der Waals surface area contributed by atoms with Gasteiger partial charge in [-0.1, -0.05) is 42.5 Å². The minimum atomic E-state index is 0.333. The molecule has 1 unspecified atom stereocenters. The third-order valence-corrected chi connectivity index (χ3v) is 3.24. The van der Waals surface area contributed by atoms with Crippen molar-refractivity contribution in [3.8, 4) is 0 Å². The summed E-state index contributed by atoms with van der Waals surface area (Å²) in [4.78, 5) is 2.19. The van der Waals surface area contributed by atoms with E-state index in [0.717, 1.165) is 12.3 Å². The van der Waals surface area contributed by atoms with Gasteiger partial charge in [-0.2, -0.15) is 0 Å². The second kappa shape index (κ2) is 5.87. The first-order valence-electron chi connectivity index (χ1n) is 6.34. The summed E-state index contributed by atoms with van der Waals surface area (Å²) in [5.41, 5.74) is 1.31. The molecule has 1 aromatic rings. The van der Waals surface area contributed by atoms with Crippen molar-refractivity contribution in [2.75, 3.05) is 27.7 Å². The highest BCUT2D eigenvalue weighted by atomic mass is 16.5. The fourth-order valence-corrected chi connectivity index (χ4v) is 2.35. The molecule has 96 valence electrons. The van der Waals surface area contributed by atoms with Crippen molar-refractivity contribution in [3.63, 3.8) is 0 Å². The maximum atomic E-state index is 5.54. The molecule has 1 aromatic carbocycles. The minimum Gasteiger partial charge on any atom is -0.501 e. The number of hydrogen-bond acceptors (Lipinski definition) is 2. The molecule has 0 fully saturated rings. The lowest BCUT2D eigenvalue weighted by Gasteiger charge is -2.25. The molecule has 0 spiro atoms. The van der Waals surface area contributed by atoms with Crippen molar-refractivity contribution in [2.24, 2.45) is 5.92 Å². The first-order chi connectivity index (χ1) is 8.70. The van der Waals surface area contributed by atoms with E-state index >= 15 is 0 Å². The van der Waals surface area contributed by atoms with Gasteiger partial charge in [-0.05, 0) is 25.7 Å². The van der Waals surface area contributed by atoms with Crippen LogP contribution in [0.25, 0.3) is 0 Å². The average molecular weight is 243 g/mol. The second-order valence-electron chi connectivity index (χ2n) is 4.96. The number of benzene rings is 1. The molecule has 18 heavy (non-hydrogen) atoms. The van der Waals surface area contributed by atoms with Crippen LogP contribution in [0.5, 0.6) is 0 Å². The molecule has 1 aliphatic carbocycles. The van der Waals surface area contributed by atoms with Crippen molar-refractivity contribution >= 4 is 0 Å². The zero-order chi connectivity index (χ0) is 13.0. The van der Waals surface area contributed by atoms with Crippen molar-refractivity contribution < 1.29 is 4.74 Å². The summed E-state index contributed by atoms with van der Waals surface area (Å²) in [7, 11) is 5.94. The molecule has 0 N–H and O–H groups in total. The second-order valence-corrected chi connectivity index (χ2v) is 4.96. The largest absolute Gasteiger partial charge is 0.501 e. The Morgan fingerprint density at radius 2 is 1.83 bits per heavy atom. The number of methoxy groups -OCH3 is 1. The molecule has 0 saturated carbocycles. The summed E-state index contributed by atoms with van der Waals surface area (Å²) >= 11 is 0. The Bertz CT molecular complexity index is 434. The van der Waals surface area contributed by atoms with Crippen LogP contribution in [0.2, 0.25) is 0 Å². The molecule has 2 rings (SSSR count). The standard InChI is InChI=1S/C16H21NO/c1-17(2)12-15-10-9-14(11-16(15)18-3)13-7-5-4-6-8-13/h4-11,14-15H,12H2,1-3H3/t14-,15?/m0/s1. The SMILES string of the molecule is COC1=C[C@@H](c2ccccc2)C=CC1CN(C)C. The van der Waals surface area contributed by atoms with E-state index in [1.807, 2.05) is 6.07 Å². The molecular formula is C16H21NO. The summed E-state index contributed by atoms with van der Waals surface area (Å²) in [5.74, 6) is 1.77. The average Bonchev–Trinajstić information content (AvgIpc) is 2.39. The summed E-state index contributed by atoms with van der Waals surface area (Å²) < 4.78 is 5.54. The molecule has 0 amide bonds. The van der Waals surface area contributed by atoms with E-state index in [1.54, 1.807) is 7.11 Å². The number of allylic oxidation sites excluding steroid dienone is 2. The van der Waals surface area contributed by atoms with Crippen LogP contribution >= 0.6 is 0 Å². The maximum absolute atomic E-state index is 5.54. The van der Waals surface area contributed by atoms with Gasteiger partial charge in [-0.3, -0.25) is 0 Å². The smallest absolute Gasteiger partial charge is 0.101 e. The zero-order valence-corrected chi connectivity index (χ0v) is 11.3. The van der Waals surface area contributed by atoms with Crippen LogP contribution in [0.15, 0.2) is 54.3 Å². The Morgan fingerprint density at radius 3 is 2.44 bits per heavy atom. The van der Waals surface area contributed by atoms with Gasteiger partial charge in [-0.15, -0.1) is 0 Å². The van der Waals surface area contributed by atoms with E-state index in [2.05, 4.69) is 61.5 Å². The molecular weight excluding hydrogens is 222 g/mol. The Hall–Kier alpha value is -1.54. The summed E-state index contributed by atoms with van der Waals surface area (Å²) in [6.07, 6.45) is 6.76. The molecule has 2 atom stereocenters. The van der Waals surface area contributed by atoms with Gasteiger partial charge in [0.25, 0.3) is 0 Å². The first kappa shape index (κ1) is 12.9. The maximum Gasteiger partial charge on any atom is 0.101 e. The Labute approximate surface area is 110 Å². The van der Waals surface area contributed by atoms with Gasteiger partial charge < -0.3 is 9.64 Å². The molecule has 2 nitrogen and oxygen atoms in total. The van der Waals surface area contributed by atoms with Gasteiger partial charge in [0.05, 0.1) is 7.11 Å².